The van der Waals surface area contributed by atoms with E-state index < -0.39 is 36.4 Å². The van der Waals surface area contributed by atoms with Crippen molar-refractivity contribution in [3.8, 4) is 11.5 Å². The SMILES string of the molecule is Cc1c(OCC(F)(F)F)ccnc1Cn1c([S@](=O)Cc2nccc(OCC(F)(F)F)c2C)nc2ccccc21. The number of aromatic nitrogens is 4. The van der Waals surface area contributed by atoms with Gasteiger partial charge in [0.1, 0.15) is 11.5 Å². The number of hydrogen-bond acceptors (Lipinski definition) is 6. The Morgan fingerprint density at radius 3 is 1.95 bits per heavy atom. The molecule has 208 valence electrons. The zero-order chi connectivity index (χ0) is 28.4. The number of benzene rings is 1. The van der Waals surface area contributed by atoms with Crippen LogP contribution in [0.3, 0.4) is 0 Å². The lowest BCUT2D eigenvalue weighted by Gasteiger charge is -2.15. The van der Waals surface area contributed by atoms with Gasteiger partial charge in [-0.05, 0) is 38.1 Å². The Morgan fingerprint density at radius 2 is 1.36 bits per heavy atom. The molecule has 0 radical (unpaired) electrons. The molecule has 0 N–H and O–H groups in total. The maximum atomic E-state index is 13.5. The Bertz CT molecular complexity index is 1500. The van der Waals surface area contributed by atoms with Crippen molar-refractivity contribution in [2.24, 2.45) is 0 Å². The van der Waals surface area contributed by atoms with Crippen LogP contribution in [0.15, 0.2) is 53.9 Å². The van der Waals surface area contributed by atoms with E-state index in [9.17, 15) is 30.6 Å². The maximum absolute atomic E-state index is 13.5. The number of hydrogen-bond donors (Lipinski definition) is 0. The number of imidazole rings is 1. The number of rotatable bonds is 9. The second-order valence-corrected chi connectivity index (χ2v) is 9.87. The van der Waals surface area contributed by atoms with Crippen molar-refractivity contribution in [3.05, 3.63) is 71.3 Å². The maximum Gasteiger partial charge on any atom is 0.422 e. The molecule has 0 aliphatic carbocycles. The van der Waals surface area contributed by atoms with Crippen LogP contribution >= 0.6 is 0 Å². The van der Waals surface area contributed by atoms with Gasteiger partial charge >= 0.3 is 12.4 Å². The normalized spacial score (nSPS) is 13.0. The first kappa shape index (κ1) is 28.3. The first-order valence-corrected chi connectivity index (χ1v) is 12.8. The number of fused-ring (bicyclic) bond motifs is 1. The summed E-state index contributed by atoms with van der Waals surface area (Å²) in [6.07, 6.45) is -6.44. The molecule has 0 amide bonds. The Labute approximate surface area is 221 Å². The van der Waals surface area contributed by atoms with Crippen LogP contribution in [0.2, 0.25) is 0 Å². The van der Waals surface area contributed by atoms with Gasteiger partial charge < -0.3 is 14.0 Å². The molecule has 3 heterocycles. The fraction of sp³-hybridized carbons (Fsp3) is 0.320. The molecule has 0 bridgehead atoms. The Hall–Kier alpha value is -3.68. The third-order valence-electron chi connectivity index (χ3n) is 5.70. The fourth-order valence-electron chi connectivity index (χ4n) is 3.77. The summed E-state index contributed by atoms with van der Waals surface area (Å²) >= 11 is 0. The van der Waals surface area contributed by atoms with E-state index in [1.165, 1.54) is 31.5 Å². The lowest BCUT2D eigenvalue weighted by molar-refractivity contribution is -0.154. The van der Waals surface area contributed by atoms with E-state index in [0.717, 1.165) is 0 Å². The van der Waals surface area contributed by atoms with E-state index in [-0.39, 0.29) is 34.6 Å². The van der Waals surface area contributed by atoms with Crippen molar-refractivity contribution >= 4 is 21.8 Å². The summed E-state index contributed by atoms with van der Waals surface area (Å²) in [5.41, 5.74) is 2.47. The van der Waals surface area contributed by atoms with Crippen LogP contribution in [0.25, 0.3) is 11.0 Å². The number of halogens is 6. The number of para-hydroxylation sites is 2. The first-order valence-electron chi connectivity index (χ1n) is 11.4. The minimum Gasteiger partial charge on any atom is -0.484 e. The summed E-state index contributed by atoms with van der Waals surface area (Å²) in [5.74, 6) is -0.183. The Balaban J connectivity index is 1.65. The monoisotopic (exact) mass is 572 g/mol. The summed E-state index contributed by atoms with van der Waals surface area (Å²) in [7, 11) is -1.82. The average Bonchev–Trinajstić information content (AvgIpc) is 3.22. The number of pyridine rings is 2. The van der Waals surface area contributed by atoms with Gasteiger partial charge in [-0.1, -0.05) is 12.1 Å². The molecule has 3 aromatic heterocycles. The number of alkyl halides is 6. The molecule has 4 rings (SSSR count). The van der Waals surface area contributed by atoms with Gasteiger partial charge in [-0.3, -0.25) is 14.2 Å². The molecule has 14 heteroatoms. The van der Waals surface area contributed by atoms with Gasteiger partial charge in [-0.25, -0.2) is 4.98 Å². The van der Waals surface area contributed by atoms with Crippen molar-refractivity contribution in [3.63, 3.8) is 0 Å². The van der Waals surface area contributed by atoms with Crippen LogP contribution in [0.5, 0.6) is 11.5 Å². The molecule has 0 unspecified atom stereocenters. The predicted octanol–water partition coefficient (Wildman–Crippen LogP) is 5.68. The highest BCUT2D eigenvalue weighted by atomic mass is 32.2. The molecular weight excluding hydrogens is 550 g/mol. The van der Waals surface area contributed by atoms with Gasteiger partial charge in [-0.2, -0.15) is 26.3 Å². The number of ether oxygens (including phenoxy) is 2. The van der Waals surface area contributed by atoms with Crippen molar-refractivity contribution < 1.29 is 40.0 Å². The van der Waals surface area contributed by atoms with E-state index in [2.05, 4.69) is 15.0 Å². The van der Waals surface area contributed by atoms with Crippen LogP contribution in [0.4, 0.5) is 26.3 Å². The average molecular weight is 573 g/mol. The molecule has 1 aromatic carbocycles. The third-order valence-corrected chi connectivity index (χ3v) is 6.95. The van der Waals surface area contributed by atoms with Crippen LogP contribution in [-0.2, 0) is 23.1 Å². The molecule has 7 nitrogen and oxygen atoms in total. The van der Waals surface area contributed by atoms with E-state index in [4.69, 9.17) is 9.47 Å². The topological polar surface area (TPSA) is 79.1 Å². The molecule has 0 aliphatic rings. The van der Waals surface area contributed by atoms with E-state index >= 15 is 0 Å². The van der Waals surface area contributed by atoms with Gasteiger partial charge in [-0.15, -0.1) is 0 Å². The molecule has 1 atom stereocenters. The smallest absolute Gasteiger partial charge is 0.422 e. The quantitative estimate of drug-likeness (QED) is 0.240. The molecule has 0 saturated heterocycles. The van der Waals surface area contributed by atoms with E-state index in [1.807, 2.05) is 0 Å². The second kappa shape index (κ2) is 11.2. The number of nitrogens with zero attached hydrogens (tertiary/aromatic N) is 4. The third kappa shape index (κ3) is 7.05. The molecule has 0 spiro atoms. The van der Waals surface area contributed by atoms with Gasteiger partial charge in [0, 0.05) is 23.5 Å². The standard InChI is InChI=1S/C25H22F6N4O3S/c1-15-18(32-9-7-21(15)37-13-24(26,27)28)11-35-20-6-4-3-5-17(20)34-23(35)39(36)12-19-16(2)22(8-10-33-19)38-14-25(29,30)31/h3-10H,11-14H2,1-2H3/t39-/m1/s1. The molecule has 0 aliphatic heterocycles. The first-order chi connectivity index (χ1) is 18.3. The van der Waals surface area contributed by atoms with Crippen molar-refractivity contribution in [2.75, 3.05) is 13.2 Å². The lowest BCUT2D eigenvalue weighted by Crippen LogP contribution is -2.20. The molecule has 39 heavy (non-hydrogen) atoms. The van der Waals surface area contributed by atoms with Crippen LogP contribution in [0, 0.1) is 13.8 Å². The van der Waals surface area contributed by atoms with Crippen LogP contribution in [0.1, 0.15) is 22.5 Å². The van der Waals surface area contributed by atoms with Gasteiger partial charge in [0.05, 0.1) is 45.5 Å². The van der Waals surface area contributed by atoms with Gasteiger partial charge in [0.25, 0.3) is 0 Å². The zero-order valence-electron chi connectivity index (χ0n) is 20.6. The van der Waals surface area contributed by atoms with Gasteiger partial charge in [0.2, 0.25) is 5.16 Å². The predicted molar refractivity (Wildman–Crippen MR) is 130 cm³/mol. The minimum atomic E-state index is -4.52. The van der Waals surface area contributed by atoms with Gasteiger partial charge in [0.15, 0.2) is 13.2 Å². The van der Waals surface area contributed by atoms with E-state index in [1.54, 1.807) is 35.8 Å². The van der Waals surface area contributed by atoms with Crippen molar-refractivity contribution in [1.82, 2.24) is 19.5 Å². The fourth-order valence-corrected chi connectivity index (χ4v) is 5.05. The minimum absolute atomic E-state index is 0.0138. The molecule has 0 saturated carbocycles. The Kier molecular flexibility index (Phi) is 8.14. The highest BCUT2D eigenvalue weighted by Crippen LogP contribution is 2.28. The molecule has 0 fully saturated rings. The Morgan fingerprint density at radius 1 is 0.821 bits per heavy atom. The summed E-state index contributed by atoms with van der Waals surface area (Å²) in [5, 5.41) is 0.141. The highest BCUT2D eigenvalue weighted by molar-refractivity contribution is 7.84. The highest BCUT2D eigenvalue weighted by Gasteiger charge is 2.30. The van der Waals surface area contributed by atoms with Crippen LogP contribution < -0.4 is 9.47 Å². The summed E-state index contributed by atoms with van der Waals surface area (Å²) in [6.45, 7) is 0.183. The lowest BCUT2D eigenvalue weighted by atomic mass is 10.2. The zero-order valence-corrected chi connectivity index (χ0v) is 21.5. The largest absolute Gasteiger partial charge is 0.484 e. The van der Waals surface area contributed by atoms with Crippen molar-refractivity contribution in [1.29, 1.82) is 0 Å². The molecule has 4 aromatic rings. The van der Waals surface area contributed by atoms with E-state index in [0.29, 0.717) is 27.9 Å². The summed E-state index contributed by atoms with van der Waals surface area (Å²) in [4.78, 5) is 12.9. The molecular formula is C25H22F6N4O3S. The second-order valence-electron chi connectivity index (χ2n) is 8.53. The summed E-state index contributed by atoms with van der Waals surface area (Å²) < 4.78 is 101. The van der Waals surface area contributed by atoms with Crippen LogP contribution in [-0.4, -0.2) is 49.3 Å². The van der Waals surface area contributed by atoms with Crippen molar-refractivity contribution in [2.45, 2.75) is 43.7 Å². The summed E-state index contributed by atoms with van der Waals surface area (Å²) in [6, 6.07) is 9.59.